The van der Waals surface area contributed by atoms with E-state index in [-0.39, 0.29) is 5.91 Å². The highest BCUT2D eigenvalue weighted by molar-refractivity contribution is 6.43. The van der Waals surface area contributed by atoms with Gasteiger partial charge in [0, 0.05) is 43.5 Å². The molecule has 4 rings (SSSR count). The van der Waals surface area contributed by atoms with Crippen LogP contribution in [0.5, 0.6) is 0 Å². The fourth-order valence-corrected chi connectivity index (χ4v) is 4.46. The maximum atomic E-state index is 12.4. The highest BCUT2D eigenvalue weighted by Crippen LogP contribution is 2.34. The zero-order valence-corrected chi connectivity index (χ0v) is 20.4. The van der Waals surface area contributed by atoms with Crippen LogP contribution in [0.3, 0.4) is 0 Å². The first-order chi connectivity index (χ1) is 15.9. The zero-order valence-electron chi connectivity index (χ0n) is 18.2. The van der Waals surface area contributed by atoms with Gasteiger partial charge in [-0.05, 0) is 55.1 Å². The standard InChI is InChI=1S/C25H24Cl3N3O2/c1-2-30-12-14-31(15-13-30)22-9-6-17(16-21(22)27)29-24(32)11-8-18-7-10-23(33-18)19-4-3-5-20(26)25(19)28/h3-11,16H,2,12-15H2,1H3,(H,29,32). The first-order valence-electron chi connectivity index (χ1n) is 10.7. The minimum atomic E-state index is -0.283. The number of rotatable bonds is 6. The lowest BCUT2D eigenvalue weighted by Gasteiger charge is -2.36. The molecule has 1 saturated heterocycles. The fraction of sp³-hybridized carbons (Fsp3) is 0.240. The third-order valence-electron chi connectivity index (χ3n) is 5.62. The first-order valence-corrected chi connectivity index (χ1v) is 11.9. The second kappa shape index (κ2) is 10.7. The lowest BCUT2D eigenvalue weighted by molar-refractivity contribution is -0.111. The van der Waals surface area contributed by atoms with Gasteiger partial charge in [-0.2, -0.15) is 0 Å². The van der Waals surface area contributed by atoms with Crippen molar-refractivity contribution in [2.24, 2.45) is 0 Å². The van der Waals surface area contributed by atoms with Crippen molar-refractivity contribution in [1.82, 2.24) is 4.90 Å². The molecule has 1 amide bonds. The molecule has 172 valence electrons. The van der Waals surface area contributed by atoms with Crippen LogP contribution in [0.25, 0.3) is 17.4 Å². The van der Waals surface area contributed by atoms with E-state index in [9.17, 15) is 4.79 Å². The molecular weight excluding hydrogens is 481 g/mol. The highest BCUT2D eigenvalue weighted by atomic mass is 35.5. The summed E-state index contributed by atoms with van der Waals surface area (Å²) in [7, 11) is 0. The number of anilines is 2. The number of carbonyl (C=O) groups is 1. The molecule has 0 atom stereocenters. The van der Waals surface area contributed by atoms with Gasteiger partial charge in [0.2, 0.25) is 5.91 Å². The molecule has 0 spiro atoms. The van der Waals surface area contributed by atoms with Crippen LogP contribution in [0.15, 0.2) is 59.0 Å². The predicted molar refractivity (Wildman–Crippen MR) is 138 cm³/mol. The molecular formula is C25H24Cl3N3O2. The summed E-state index contributed by atoms with van der Waals surface area (Å²) < 4.78 is 5.78. The van der Waals surface area contributed by atoms with E-state index in [4.69, 9.17) is 39.2 Å². The molecule has 8 heteroatoms. The molecule has 2 heterocycles. The van der Waals surface area contributed by atoms with Gasteiger partial charge in [0.1, 0.15) is 11.5 Å². The number of piperazine rings is 1. The Bertz CT molecular complexity index is 1170. The van der Waals surface area contributed by atoms with Gasteiger partial charge in [0.15, 0.2) is 0 Å². The lowest BCUT2D eigenvalue weighted by Crippen LogP contribution is -2.46. The molecule has 1 aromatic heterocycles. The fourth-order valence-electron chi connectivity index (χ4n) is 3.77. The van der Waals surface area contributed by atoms with Crippen LogP contribution in [0.4, 0.5) is 11.4 Å². The van der Waals surface area contributed by atoms with E-state index in [1.54, 1.807) is 36.4 Å². The van der Waals surface area contributed by atoms with Crippen molar-refractivity contribution in [3.05, 3.63) is 75.4 Å². The Labute approximate surface area is 208 Å². The van der Waals surface area contributed by atoms with Crippen LogP contribution in [0, 0.1) is 0 Å². The molecule has 0 saturated carbocycles. The van der Waals surface area contributed by atoms with Gasteiger partial charge in [-0.3, -0.25) is 4.79 Å². The predicted octanol–water partition coefficient (Wildman–Crippen LogP) is 6.70. The second-order valence-electron chi connectivity index (χ2n) is 7.71. The summed E-state index contributed by atoms with van der Waals surface area (Å²) in [5.74, 6) is 0.814. The van der Waals surface area contributed by atoms with Crippen molar-refractivity contribution in [3.8, 4) is 11.3 Å². The Morgan fingerprint density at radius 1 is 1.03 bits per heavy atom. The van der Waals surface area contributed by atoms with Crippen molar-refractivity contribution >= 4 is 58.2 Å². The van der Waals surface area contributed by atoms with Crippen molar-refractivity contribution in [2.45, 2.75) is 6.92 Å². The number of benzene rings is 2. The SMILES string of the molecule is CCN1CCN(c2ccc(NC(=O)C=Cc3ccc(-c4cccc(Cl)c4Cl)o3)cc2Cl)CC1. The van der Waals surface area contributed by atoms with E-state index in [2.05, 4.69) is 22.0 Å². The van der Waals surface area contributed by atoms with Crippen molar-refractivity contribution < 1.29 is 9.21 Å². The van der Waals surface area contributed by atoms with Gasteiger partial charge < -0.3 is 19.5 Å². The number of halogens is 3. The number of hydrogen-bond acceptors (Lipinski definition) is 4. The van der Waals surface area contributed by atoms with Crippen LogP contribution in [-0.4, -0.2) is 43.5 Å². The van der Waals surface area contributed by atoms with E-state index < -0.39 is 0 Å². The van der Waals surface area contributed by atoms with Gasteiger partial charge in [-0.1, -0.05) is 47.8 Å². The number of carbonyl (C=O) groups excluding carboxylic acids is 1. The molecule has 2 aromatic carbocycles. The Balaban J connectivity index is 1.38. The number of nitrogens with zero attached hydrogens (tertiary/aromatic N) is 2. The second-order valence-corrected chi connectivity index (χ2v) is 8.91. The van der Waals surface area contributed by atoms with Crippen LogP contribution < -0.4 is 10.2 Å². The molecule has 0 bridgehead atoms. The maximum Gasteiger partial charge on any atom is 0.248 e. The monoisotopic (exact) mass is 503 g/mol. The van der Waals surface area contributed by atoms with Crippen molar-refractivity contribution in [2.75, 3.05) is 42.9 Å². The normalized spacial score (nSPS) is 14.7. The molecule has 0 radical (unpaired) electrons. The third kappa shape index (κ3) is 5.74. The number of furan rings is 1. The molecule has 33 heavy (non-hydrogen) atoms. The summed E-state index contributed by atoms with van der Waals surface area (Å²) in [5, 5.41) is 4.34. The van der Waals surface area contributed by atoms with E-state index >= 15 is 0 Å². The minimum absolute atomic E-state index is 0.283. The van der Waals surface area contributed by atoms with E-state index in [1.165, 1.54) is 6.08 Å². The van der Waals surface area contributed by atoms with Crippen molar-refractivity contribution in [1.29, 1.82) is 0 Å². The summed E-state index contributed by atoms with van der Waals surface area (Å²) in [6.45, 7) is 7.16. The third-order valence-corrected chi connectivity index (χ3v) is 6.74. The summed E-state index contributed by atoms with van der Waals surface area (Å²) in [5.41, 5.74) is 2.32. The van der Waals surface area contributed by atoms with Crippen molar-refractivity contribution in [3.63, 3.8) is 0 Å². The molecule has 0 aliphatic carbocycles. The van der Waals surface area contributed by atoms with Gasteiger partial charge in [0.25, 0.3) is 0 Å². The molecule has 1 N–H and O–H groups in total. The van der Waals surface area contributed by atoms with Gasteiger partial charge >= 0.3 is 0 Å². The van der Waals surface area contributed by atoms with Gasteiger partial charge in [-0.25, -0.2) is 0 Å². The molecule has 0 unspecified atom stereocenters. The molecule has 3 aromatic rings. The van der Waals surface area contributed by atoms with E-state index in [1.807, 2.05) is 18.2 Å². The highest BCUT2D eigenvalue weighted by Gasteiger charge is 2.18. The Morgan fingerprint density at radius 3 is 2.55 bits per heavy atom. The average Bonchev–Trinajstić information content (AvgIpc) is 3.29. The summed E-state index contributed by atoms with van der Waals surface area (Å²) in [6.07, 6.45) is 3.01. The zero-order chi connectivity index (χ0) is 23.4. The summed E-state index contributed by atoms with van der Waals surface area (Å²) in [6, 6.07) is 14.5. The quantitative estimate of drug-likeness (QED) is 0.379. The smallest absolute Gasteiger partial charge is 0.248 e. The Morgan fingerprint density at radius 2 is 1.82 bits per heavy atom. The first kappa shape index (κ1) is 23.7. The molecule has 1 fully saturated rings. The Hall–Kier alpha value is -2.44. The van der Waals surface area contributed by atoms with Gasteiger partial charge in [0.05, 0.1) is 20.8 Å². The summed E-state index contributed by atoms with van der Waals surface area (Å²) in [4.78, 5) is 17.1. The number of hydrogen-bond donors (Lipinski definition) is 1. The maximum absolute atomic E-state index is 12.4. The number of nitrogens with one attached hydrogen (secondary N) is 1. The topological polar surface area (TPSA) is 48.7 Å². The van der Waals surface area contributed by atoms with Crippen LogP contribution >= 0.6 is 34.8 Å². The number of likely N-dealkylation sites (N-methyl/N-ethyl adjacent to an activating group) is 1. The molecule has 1 aliphatic heterocycles. The van der Waals surface area contributed by atoms with Crippen LogP contribution in [-0.2, 0) is 4.79 Å². The van der Waals surface area contributed by atoms with E-state index in [0.717, 1.165) is 38.4 Å². The minimum Gasteiger partial charge on any atom is -0.457 e. The molecule has 5 nitrogen and oxygen atoms in total. The largest absolute Gasteiger partial charge is 0.457 e. The average molecular weight is 505 g/mol. The molecule has 1 aliphatic rings. The summed E-state index contributed by atoms with van der Waals surface area (Å²) >= 11 is 18.8. The Kier molecular flexibility index (Phi) is 7.66. The number of amides is 1. The van der Waals surface area contributed by atoms with Crippen LogP contribution in [0.1, 0.15) is 12.7 Å². The van der Waals surface area contributed by atoms with Gasteiger partial charge in [-0.15, -0.1) is 0 Å². The van der Waals surface area contributed by atoms with E-state index in [0.29, 0.717) is 37.8 Å². The lowest BCUT2D eigenvalue weighted by atomic mass is 10.2. The van der Waals surface area contributed by atoms with Crippen LogP contribution in [0.2, 0.25) is 15.1 Å².